The maximum absolute atomic E-state index is 14.3. The second-order valence-corrected chi connectivity index (χ2v) is 13.5. The van der Waals surface area contributed by atoms with Crippen LogP contribution in [0, 0.1) is 0 Å². The lowest BCUT2D eigenvalue weighted by Crippen LogP contribution is -2.53. The van der Waals surface area contributed by atoms with Gasteiger partial charge in [-0.25, -0.2) is 8.42 Å². The summed E-state index contributed by atoms with van der Waals surface area (Å²) in [6, 6.07) is 16.9. The number of benzene rings is 3. The topological polar surface area (TPSA) is 96.0 Å². The minimum atomic E-state index is -4.25. The van der Waals surface area contributed by atoms with E-state index in [1.54, 1.807) is 68.4 Å². The molecule has 0 spiro atoms. The van der Waals surface area contributed by atoms with Gasteiger partial charge < -0.3 is 15.0 Å². The van der Waals surface area contributed by atoms with E-state index in [2.05, 4.69) is 5.32 Å². The van der Waals surface area contributed by atoms with Crippen molar-refractivity contribution in [2.45, 2.75) is 62.5 Å². The Morgan fingerprint density at radius 3 is 2.26 bits per heavy atom. The van der Waals surface area contributed by atoms with Crippen molar-refractivity contribution in [3.8, 4) is 5.75 Å². The van der Waals surface area contributed by atoms with E-state index in [4.69, 9.17) is 27.9 Å². The van der Waals surface area contributed by atoms with Crippen molar-refractivity contribution in [1.82, 2.24) is 10.2 Å². The molecular formula is C31H37Cl2N3O5S2. The molecule has 1 N–H and O–H groups in total. The van der Waals surface area contributed by atoms with Crippen molar-refractivity contribution >= 4 is 62.5 Å². The van der Waals surface area contributed by atoms with Gasteiger partial charge in [-0.3, -0.25) is 13.9 Å². The first-order valence-electron chi connectivity index (χ1n) is 13.8. The molecule has 12 heteroatoms. The Balaban J connectivity index is 2.14. The quantitative estimate of drug-likeness (QED) is 0.194. The molecule has 0 heterocycles. The fraction of sp³-hybridized carbons (Fsp3) is 0.355. The van der Waals surface area contributed by atoms with Crippen molar-refractivity contribution in [1.29, 1.82) is 0 Å². The van der Waals surface area contributed by atoms with Crippen LogP contribution >= 0.6 is 35.0 Å². The molecule has 0 saturated heterocycles. The minimum Gasteiger partial charge on any atom is -0.492 e. The number of rotatable bonds is 14. The lowest BCUT2D eigenvalue weighted by atomic mass is 10.1. The molecule has 0 radical (unpaired) electrons. The van der Waals surface area contributed by atoms with Gasteiger partial charge in [0.05, 0.1) is 17.2 Å². The second kappa shape index (κ2) is 15.7. The van der Waals surface area contributed by atoms with Crippen molar-refractivity contribution < 1.29 is 22.7 Å². The molecule has 0 aliphatic carbocycles. The van der Waals surface area contributed by atoms with E-state index in [9.17, 15) is 18.0 Å². The summed E-state index contributed by atoms with van der Waals surface area (Å²) in [7, 11) is -4.25. The zero-order chi connectivity index (χ0) is 31.7. The maximum atomic E-state index is 14.3. The van der Waals surface area contributed by atoms with E-state index in [0.717, 1.165) is 9.20 Å². The number of para-hydroxylation sites is 2. The first-order chi connectivity index (χ1) is 20.4. The second-order valence-electron chi connectivity index (χ2n) is 9.93. The van der Waals surface area contributed by atoms with Crippen molar-refractivity contribution in [3.63, 3.8) is 0 Å². The van der Waals surface area contributed by atoms with Crippen LogP contribution in [0.25, 0.3) is 0 Å². The molecule has 3 aromatic carbocycles. The monoisotopic (exact) mass is 665 g/mol. The lowest BCUT2D eigenvalue weighted by Gasteiger charge is -2.34. The summed E-state index contributed by atoms with van der Waals surface area (Å²) in [6.07, 6.45) is 2.18. The number of carbonyl (C=O) groups excluding carboxylic acids is 2. The predicted molar refractivity (Wildman–Crippen MR) is 175 cm³/mol. The zero-order valence-electron chi connectivity index (χ0n) is 24.8. The van der Waals surface area contributed by atoms with Crippen molar-refractivity contribution in [3.05, 3.63) is 82.3 Å². The molecule has 1 atom stereocenters. The highest BCUT2D eigenvalue weighted by Crippen LogP contribution is 2.33. The molecule has 3 aromatic rings. The third-order valence-electron chi connectivity index (χ3n) is 6.53. The highest BCUT2D eigenvalue weighted by atomic mass is 35.5. The number of nitrogens with zero attached hydrogens (tertiary/aromatic N) is 2. The Morgan fingerprint density at radius 1 is 1.00 bits per heavy atom. The average molecular weight is 667 g/mol. The van der Waals surface area contributed by atoms with Gasteiger partial charge in [0.15, 0.2) is 0 Å². The first-order valence-corrected chi connectivity index (χ1v) is 17.3. The predicted octanol–water partition coefficient (Wildman–Crippen LogP) is 6.64. The number of thioether (sulfide) groups is 1. The van der Waals surface area contributed by atoms with E-state index in [-0.39, 0.29) is 42.1 Å². The fourth-order valence-electron chi connectivity index (χ4n) is 4.46. The summed E-state index contributed by atoms with van der Waals surface area (Å²) >= 11 is 14.1. The van der Waals surface area contributed by atoms with Crippen molar-refractivity contribution in [2.24, 2.45) is 0 Å². The van der Waals surface area contributed by atoms with E-state index >= 15 is 0 Å². The highest BCUT2D eigenvalue weighted by molar-refractivity contribution is 7.98. The number of anilines is 1. The summed E-state index contributed by atoms with van der Waals surface area (Å²) < 4.78 is 35.2. The van der Waals surface area contributed by atoms with Gasteiger partial charge >= 0.3 is 0 Å². The SMILES string of the molecule is CCOc1ccccc1N(CC(=O)N(Cc1ccc(Cl)cc1Cl)C(CC)C(=O)NC(C)C)S(=O)(=O)c1ccc(SC)cc1. The van der Waals surface area contributed by atoms with Crippen LogP contribution in [0.3, 0.4) is 0 Å². The largest absolute Gasteiger partial charge is 0.492 e. The standard InChI is InChI=1S/C31H37Cl2N3O5S2/c1-6-27(31(38)34-21(3)4)35(19-22-12-13-23(32)18-26(22)33)30(37)20-36(28-10-8-9-11-29(28)41-7-2)43(39,40)25-16-14-24(42-5)15-17-25/h8-18,21,27H,6-7,19-20H2,1-5H3,(H,34,38). The van der Waals surface area contributed by atoms with Gasteiger partial charge in [0.2, 0.25) is 11.8 Å². The van der Waals surface area contributed by atoms with Crippen LogP contribution in [-0.4, -0.2) is 56.6 Å². The van der Waals surface area contributed by atoms with E-state index in [0.29, 0.717) is 21.4 Å². The van der Waals surface area contributed by atoms with Gasteiger partial charge in [0.25, 0.3) is 10.0 Å². The third-order valence-corrected chi connectivity index (χ3v) is 9.64. The van der Waals surface area contributed by atoms with Crippen LogP contribution in [0.4, 0.5) is 5.69 Å². The molecule has 8 nitrogen and oxygen atoms in total. The summed E-state index contributed by atoms with van der Waals surface area (Å²) in [4.78, 5) is 29.9. The van der Waals surface area contributed by atoms with Crippen LogP contribution in [0.1, 0.15) is 39.7 Å². The summed E-state index contributed by atoms with van der Waals surface area (Å²) in [6.45, 7) is 6.90. The molecule has 3 rings (SSSR count). The number of carbonyl (C=O) groups is 2. The number of sulfonamides is 1. The molecule has 0 bridgehead atoms. The van der Waals surface area contributed by atoms with Gasteiger partial charge in [0.1, 0.15) is 18.3 Å². The molecule has 0 saturated carbocycles. The number of hydrogen-bond donors (Lipinski definition) is 1. The van der Waals surface area contributed by atoms with Crippen LogP contribution < -0.4 is 14.4 Å². The lowest BCUT2D eigenvalue weighted by molar-refractivity contribution is -0.140. The zero-order valence-corrected chi connectivity index (χ0v) is 28.0. The van der Waals surface area contributed by atoms with Gasteiger partial charge in [-0.15, -0.1) is 11.8 Å². The van der Waals surface area contributed by atoms with Crippen LogP contribution in [0.2, 0.25) is 10.0 Å². The smallest absolute Gasteiger partial charge is 0.264 e. The number of nitrogens with one attached hydrogen (secondary N) is 1. The Labute approximate surface area is 268 Å². The maximum Gasteiger partial charge on any atom is 0.264 e. The molecule has 232 valence electrons. The van der Waals surface area contributed by atoms with E-state index < -0.39 is 28.5 Å². The van der Waals surface area contributed by atoms with Gasteiger partial charge in [-0.2, -0.15) is 0 Å². The van der Waals surface area contributed by atoms with E-state index in [1.165, 1.54) is 28.8 Å². The van der Waals surface area contributed by atoms with Crippen molar-refractivity contribution in [2.75, 3.05) is 23.7 Å². The third kappa shape index (κ3) is 8.81. The first kappa shape index (κ1) is 34.6. The fourth-order valence-corrected chi connectivity index (χ4v) is 6.76. The summed E-state index contributed by atoms with van der Waals surface area (Å²) in [5.74, 6) is -0.640. The Kier molecular flexibility index (Phi) is 12.6. The molecule has 1 unspecified atom stereocenters. The molecule has 43 heavy (non-hydrogen) atoms. The van der Waals surface area contributed by atoms with Gasteiger partial charge in [-0.1, -0.05) is 48.3 Å². The van der Waals surface area contributed by atoms with Crippen LogP contribution in [0.5, 0.6) is 5.75 Å². The summed E-state index contributed by atoms with van der Waals surface area (Å²) in [5, 5.41) is 3.62. The van der Waals surface area contributed by atoms with Gasteiger partial charge in [0, 0.05) is 27.5 Å². The Hall–Kier alpha value is -2.92. The van der Waals surface area contributed by atoms with Gasteiger partial charge in [-0.05, 0) is 87.5 Å². The molecule has 0 aromatic heterocycles. The number of hydrogen-bond acceptors (Lipinski definition) is 6. The molecular weight excluding hydrogens is 629 g/mol. The summed E-state index contributed by atoms with van der Waals surface area (Å²) in [5.41, 5.74) is 0.766. The van der Waals surface area contributed by atoms with Crippen LogP contribution in [-0.2, 0) is 26.2 Å². The molecule has 0 aliphatic heterocycles. The number of ether oxygens (including phenoxy) is 1. The number of amides is 2. The molecule has 0 fully saturated rings. The minimum absolute atomic E-state index is 0.0151. The Bertz CT molecular complexity index is 1520. The molecule has 0 aliphatic rings. The normalized spacial score (nSPS) is 12.1. The number of halogens is 2. The Morgan fingerprint density at radius 2 is 1.67 bits per heavy atom. The molecule has 2 amide bonds. The highest BCUT2D eigenvalue weighted by Gasteiger charge is 2.35. The average Bonchev–Trinajstić information content (AvgIpc) is 2.97. The van der Waals surface area contributed by atoms with E-state index in [1.807, 2.05) is 20.1 Å². The van der Waals surface area contributed by atoms with Crippen LogP contribution in [0.15, 0.2) is 76.5 Å².